The summed E-state index contributed by atoms with van der Waals surface area (Å²) < 4.78 is 0. The first-order valence-electron chi connectivity index (χ1n) is 7.14. The van der Waals surface area contributed by atoms with Gasteiger partial charge in [0.15, 0.2) is 5.78 Å². The molecule has 0 aliphatic rings. The van der Waals surface area contributed by atoms with Crippen LogP contribution in [0.1, 0.15) is 52.6 Å². The third-order valence-corrected chi connectivity index (χ3v) is 3.61. The lowest BCUT2D eigenvalue weighted by Gasteiger charge is -2.15. The maximum Gasteiger partial charge on any atom is 0.267 e. The second-order valence-corrected chi connectivity index (χ2v) is 5.08. The SMILES string of the molecule is CC[C@H](CNC(=O)c1cc(C(C)=O)c[nH]1)c1ccccc1. The molecule has 110 valence electrons. The number of rotatable bonds is 6. The molecule has 0 radical (unpaired) electrons. The van der Waals surface area contributed by atoms with Gasteiger partial charge in [-0.15, -0.1) is 0 Å². The van der Waals surface area contributed by atoms with Crippen molar-refractivity contribution in [3.05, 3.63) is 59.4 Å². The largest absolute Gasteiger partial charge is 0.356 e. The third kappa shape index (κ3) is 3.81. The molecule has 0 spiro atoms. The molecule has 2 aromatic rings. The van der Waals surface area contributed by atoms with Crippen molar-refractivity contribution in [3.8, 4) is 0 Å². The van der Waals surface area contributed by atoms with E-state index in [0.717, 1.165) is 6.42 Å². The molecule has 2 rings (SSSR count). The lowest BCUT2D eigenvalue weighted by atomic mass is 9.96. The summed E-state index contributed by atoms with van der Waals surface area (Å²) in [6.07, 6.45) is 2.51. The van der Waals surface area contributed by atoms with Crippen molar-refractivity contribution in [2.24, 2.45) is 0 Å². The topological polar surface area (TPSA) is 62.0 Å². The molecule has 0 aliphatic heterocycles. The molecule has 0 saturated carbocycles. The van der Waals surface area contributed by atoms with Gasteiger partial charge in [0, 0.05) is 24.2 Å². The fourth-order valence-corrected chi connectivity index (χ4v) is 2.26. The molecule has 1 heterocycles. The highest BCUT2D eigenvalue weighted by molar-refractivity contribution is 5.99. The summed E-state index contributed by atoms with van der Waals surface area (Å²) in [6.45, 7) is 4.16. The van der Waals surface area contributed by atoms with E-state index in [1.165, 1.54) is 12.5 Å². The molecular weight excluding hydrogens is 264 g/mol. The monoisotopic (exact) mass is 284 g/mol. The Morgan fingerprint density at radius 3 is 2.52 bits per heavy atom. The van der Waals surface area contributed by atoms with Crippen molar-refractivity contribution >= 4 is 11.7 Å². The second-order valence-electron chi connectivity index (χ2n) is 5.08. The number of carbonyl (C=O) groups excluding carboxylic acids is 2. The maximum absolute atomic E-state index is 12.1. The van der Waals surface area contributed by atoms with Gasteiger partial charge in [-0.2, -0.15) is 0 Å². The fraction of sp³-hybridized carbons (Fsp3) is 0.294. The first-order chi connectivity index (χ1) is 10.1. The highest BCUT2D eigenvalue weighted by atomic mass is 16.2. The van der Waals surface area contributed by atoms with Crippen molar-refractivity contribution in [1.82, 2.24) is 10.3 Å². The Labute approximate surface area is 124 Å². The van der Waals surface area contributed by atoms with Crippen molar-refractivity contribution in [3.63, 3.8) is 0 Å². The predicted molar refractivity (Wildman–Crippen MR) is 82.6 cm³/mol. The van der Waals surface area contributed by atoms with Crippen molar-refractivity contribution in [2.45, 2.75) is 26.2 Å². The van der Waals surface area contributed by atoms with E-state index in [-0.39, 0.29) is 17.6 Å². The van der Waals surface area contributed by atoms with Gasteiger partial charge in [-0.05, 0) is 25.0 Å². The van der Waals surface area contributed by atoms with Crippen LogP contribution in [0, 0.1) is 0 Å². The highest BCUT2D eigenvalue weighted by Gasteiger charge is 2.14. The summed E-state index contributed by atoms with van der Waals surface area (Å²) in [5.74, 6) is 0.0512. The Morgan fingerprint density at radius 2 is 1.95 bits per heavy atom. The first kappa shape index (κ1) is 15.0. The standard InChI is InChI=1S/C17H20N2O2/c1-3-13(14-7-5-4-6-8-14)10-19-17(21)16-9-15(11-18-16)12(2)20/h4-9,11,13,18H,3,10H2,1-2H3,(H,19,21)/t13-/m1/s1. The summed E-state index contributed by atoms with van der Waals surface area (Å²) in [4.78, 5) is 26.1. The molecule has 4 heteroatoms. The number of benzene rings is 1. The van der Waals surface area contributed by atoms with Gasteiger partial charge >= 0.3 is 0 Å². The number of Topliss-reactive ketones (excluding diaryl/α,β-unsaturated/α-hetero) is 1. The van der Waals surface area contributed by atoms with Gasteiger partial charge in [-0.3, -0.25) is 9.59 Å². The van der Waals surface area contributed by atoms with E-state index < -0.39 is 0 Å². The van der Waals surface area contributed by atoms with Crippen LogP contribution in [0.25, 0.3) is 0 Å². The predicted octanol–water partition coefficient (Wildman–Crippen LogP) is 3.14. The van der Waals surface area contributed by atoms with E-state index in [0.29, 0.717) is 17.8 Å². The van der Waals surface area contributed by atoms with Crippen LogP contribution in [-0.2, 0) is 0 Å². The number of amides is 1. The smallest absolute Gasteiger partial charge is 0.267 e. The van der Waals surface area contributed by atoms with Gasteiger partial charge in [0.25, 0.3) is 5.91 Å². The Hall–Kier alpha value is -2.36. The molecule has 0 unspecified atom stereocenters. The van der Waals surface area contributed by atoms with E-state index in [4.69, 9.17) is 0 Å². The zero-order valence-electron chi connectivity index (χ0n) is 12.3. The number of hydrogen-bond donors (Lipinski definition) is 2. The highest BCUT2D eigenvalue weighted by Crippen LogP contribution is 2.18. The number of H-pyrrole nitrogens is 1. The fourth-order valence-electron chi connectivity index (χ4n) is 2.26. The zero-order valence-corrected chi connectivity index (χ0v) is 12.3. The summed E-state index contributed by atoms with van der Waals surface area (Å²) in [5.41, 5.74) is 2.16. The summed E-state index contributed by atoms with van der Waals surface area (Å²) in [7, 11) is 0. The molecular formula is C17H20N2O2. The summed E-state index contributed by atoms with van der Waals surface area (Å²) >= 11 is 0. The van der Waals surface area contributed by atoms with Gasteiger partial charge < -0.3 is 10.3 Å². The molecule has 0 fully saturated rings. The van der Waals surface area contributed by atoms with Gasteiger partial charge in [0.1, 0.15) is 5.69 Å². The molecule has 0 aliphatic carbocycles. The van der Waals surface area contributed by atoms with Gasteiger partial charge in [0.2, 0.25) is 0 Å². The quantitative estimate of drug-likeness (QED) is 0.800. The molecule has 1 aromatic carbocycles. The van der Waals surface area contributed by atoms with Crippen LogP contribution < -0.4 is 5.32 Å². The second kappa shape index (κ2) is 6.88. The van der Waals surface area contributed by atoms with Gasteiger partial charge in [-0.1, -0.05) is 37.3 Å². The van der Waals surface area contributed by atoms with Crippen LogP contribution in [-0.4, -0.2) is 23.2 Å². The first-order valence-corrected chi connectivity index (χ1v) is 7.14. The third-order valence-electron chi connectivity index (χ3n) is 3.61. The maximum atomic E-state index is 12.1. The van der Waals surface area contributed by atoms with E-state index >= 15 is 0 Å². The van der Waals surface area contributed by atoms with Crippen LogP contribution >= 0.6 is 0 Å². The van der Waals surface area contributed by atoms with Crippen LogP contribution in [0.15, 0.2) is 42.6 Å². The van der Waals surface area contributed by atoms with E-state index in [1.807, 2.05) is 18.2 Å². The minimum absolute atomic E-state index is 0.0546. The minimum atomic E-state index is -0.183. The van der Waals surface area contributed by atoms with Crippen molar-refractivity contribution in [1.29, 1.82) is 0 Å². The molecule has 1 aromatic heterocycles. The van der Waals surface area contributed by atoms with Crippen LogP contribution in [0.3, 0.4) is 0 Å². The number of nitrogens with one attached hydrogen (secondary N) is 2. The molecule has 0 bridgehead atoms. The normalized spacial score (nSPS) is 11.9. The molecule has 0 saturated heterocycles. The average Bonchev–Trinajstić information content (AvgIpc) is 2.99. The van der Waals surface area contributed by atoms with Crippen molar-refractivity contribution in [2.75, 3.05) is 6.54 Å². The Kier molecular flexibility index (Phi) is 4.93. The number of ketones is 1. The Morgan fingerprint density at radius 1 is 1.24 bits per heavy atom. The molecule has 21 heavy (non-hydrogen) atoms. The lowest BCUT2D eigenvalue weighted by molar-refractivity contribution is 0.0946. The molecule has 1 atom stereocenters. The molecule has 1 amide bonds. The van der Waals surface area contributed by atoms with Crippen LogP contribution in [0.2, 0.25) is 0 Å². The molecule has 2 N–H and O–H groups in total. The average molecular weight is 284 g/mol. The van der Waals surface area contributed by atoms with E-state index in [1.54, 1.807) is 12.3 Å². The van der Waals surface area contributed by atoms with Gasteiger partial charge in [-0.25, -0.2) is 0 Å². The van der Waals surface area contributed by atoms with Crippen LogP contribution in [0.5, 0.6) is 0 Å². The number of carbonyl (C=O) groups is 2. The lowest BCUT2D eigenvalue weighted by Crippen LogP contribution is -2.28. The molecule has 4 nitrogen and oxygen atoms in total. The van der Waals surface area contributed by atoms with Crippen LogP contribution in [0.4, 0.5) is 0 Å². The zero-order chi connectivity index (χ0) is 15.2. The Bertz CT molecular complexity index is 617. The van der Waals surface area contributed by atoms with E-state index in [2.05, 4.69) is 29.4 Å². The van der Waals surface area contributed by atoms with Gasteiger partial charge in [0.05, 0.1) is 0 Å². The van der Waals surface area contributed by atoms with E-state index in [9.17, 15) is 9.59 Å². The summed E-state index contributed by atoms with van der Waals surface area (Å²) in [6, 6.07) is 11.7. The Balaban J connectivity index is 1.97. The number of aromatic nitrogens is 1. The number of aromatic amines is 1. The number of hydrogen-bond acceptors (Lipinski definition) is 2. The summed E-state index contributed by atoms with van der Waals surface area (Å²) in [5, 5.41) is 2.92. The minimum Gasteiger partial charge on any atom is -0.356 e. The van der Waals surface area contributed by atoms with Crippen molar-refractivity contribution < 1.29 is 9.59 Å².